The summed E-state index contributed by atoms with van der Waals surface area (Å²) in [5, 5.41) is 3.23. The number of anilines is 2. The zero-order valence-electron chi connectivity index (χ0n) is 10.5. The van der Waals surface area contributed by atoms with Crippen molar-refractivity contribution in [3.05, 3.63) is 23.8 Å². The van der Waals surface area contributed by atoms with Crippen LogP contribution < -0.4 is 11.1 Å². The van der Waals surface area contributed by atoms with Gasteiger partial charge in [0.15, 0.2) is 0 Å². The minimum atomic E-state index is -0.334. The molecular formula is C13H20N2O2. The average molecular weight is 236 g/mol. The van der Waals surface area contributed by atoms with Crippen molar-refractivity contribution in [1.82, 2.24) is 0 Å². The minimum Gasteiger partial charge on any atom is -0.462 e. The third-order valence-corrected chi connectivity index (χ3v) is 2.41. The molecule has 0 spiro atoms. The topological polar surface area (TPSA) is 64.3 Å². The Balaban J connectivity index is 2.68. The van der Waals surface area contributed by atoms with Crippen LogP contribution in [0.25, 0.3) is 0 Å². The van der Waals surface area contributed by atoms with Crippen molar-refractivity contribution in [2.45, 2.75) is 26.7 Å². The summed E-state index contributed by atoms with van der Waals surface area (Å²) in [5.41, 5.74) is 7.80. The Morgan fingerprint density at radius 1 is 1.41 bits per heavy atom. The first-order chi connectivity index (χ1) is 8.19. The first kappa shape index (κ1) is 13.4. The largest absolute Gasteiger partial charge is 0.462 e. The van der Waals surface area contributed by atoms with Crippen LogP contribution in [0.5, 0.6) is 0 Å². The molecule has 3 N–H and O–H groups in total. The fraction of sp³-hybridized carbons (Fsp3) is 0.462. The lowest BCUT2D eigenvalue weighted by Crippen LogP contribution is -2.08. The number of esters is 1. The van der Waals surface area contributed by atoms with Crippen LogP contribution in [0.2, 0.25) is 0 Å². The highest BCUT2D eigenvalue weighted by atomic mass is 16.5. The van der Waals surface area contributed by atoms with Gasteiger partial charge in [0.1, 0.15) is 0 Å². The number of rotatable bonds is 6. The van der Waals surface area contributed by atoms with Crippen LogP contribution in [0.1, 0.15) is 37.0 Å². The van der Waals surface area contributed by atoms with Crippen LogP contribution in [-0.2, 0) is 4.74 Å². The molecule has 0 aliphatic carbocycles. The van der Waals surface area contributed by atoms with E-state index in [9.17, 15) is 4.79 Å². The number of ether oxygens (including phenoxy) is 1. The summed E-state index contributed by atoms with van der Waals surface area (Å²) in [7, 11) is 0. The molecule has 1 aromatic rings. The first-order valence-corrected chi connectivity index (χ1v) is 5.99. The van der Waals surface area contributed by atoms with Crippen molar-refractivity contribution in [2.75, 3.05) is 24.2 Å². The molecule has 4 heteroatoms. The third kappa shape index (κ3) is 3.98. The van der Waals surface area contributed by atoms with E-state index in [-0.39, 0.29) is 5.97 Å². The Labute approximate surface area is 102 Å². The van der Waals surface area contributed by atoms with E-state index in [1.165, 1.54) is 0 Å². The lowest BCUT2D eigenvalue weighted by Gasteiger charge is -2.10. The van der Waals surface area contributed by atoms with Gasteiger partial charge in [0.2, 0.25) is 0 Å². The monoisotopic (exact) mass is 236 g/mol. The predicted molar refractivity (Wildman–Crippen MR) is 70.2 cm³/mol. The van der Waals surface area contributed by atoms with Crippen molar-refractivity contribution in [3.63, 3.8) is 0 Å². The zero-order valence-corrected chi connectivity index (χ0v) is 10.5. The van der Waals surface area contributed by atoms with Gasteiger partial charge in [0, 0.05) is 6.54 Å². The maximum atomic E-state index is 11.5. The van der Waals surface area contributed by atoms with Gasteiger partial charge in [-0.3, -0.25) is 0 Å². The third-order valence-electron chi connectivity index (χ3n) is 2.41. The molecule has 94 valence electrons. The van der Waals surface area contributed by atoms with Crippen molar-refractivity contribution < 1.29 is 9.53 Å². The number of benzene rings is 1. The first-order valence-electron chi connectivity index (χ1n) is 5.99. The van der Waals surface area contributed by atoms with Crippen molar-refractivity contribution in [2.24, 2.45) is 0 Å². The van der Waals surface area contributed by atoms with Gasteiger partial charge in [-0.2, -0.15) is 0 Å². The Kier molecular flexibility index (Phi) is 5.33. The number of nitrogen functional groups attached to an aromatic ring is 1. The fourth-order valence-corrected chi connectivity index (χ4v) is 1.46. The minimum absolute atomic E-state index is 0.334. The van der Waals surface area contributed by atoms with E-state index < -0.39 is 0 Å². The molecule has 0 atom stereocenters. The number of carbonyl (C=O) groups is 1. The van der Waals surface area contributed by atoms with Crippen LogP contribution in [0, 0.1) is 0 Å². The molecule has 4 nitrogen and oxygen atoms in total. The number of nitrogens with two attached hydrogens (primary N) is 1. The Bertz CT molecular complexity index is 378. The molecule has 17 heavy (non-hydrogen) atoms. The fourth-order valence-electron chi connectivity index (χ4n) is 1.46. The quantitative estimate of drug-likeness (QED) is 0.453. The number of unbranched alkanes of at least 4 members (excludes halogenated alkanes) is 1. The van der Waals surface area contributed by atoms with E-state index in [4.69, 9.17) is 10.5 Å². The maximum absolute atomic E-state index is 11.5. The highest BCUT2D eigenvalue weighted by Gasteiger charge is 2.08. The number of hydrogen-bond acceptors (Lipinski definition) is 4. The maximum Gasteiger partial charge on any atom is 0.338 e. The summed E-state index contributed by atoms with van der Waals surface area (Å²) in [6, 6.07) is 5.19. The molecular weight excluding hydrogens is 216 g/mol. The van der Waals surface area contributed by atoms with E-state index in [1.807, 2.05) is 6.07 Å². The van der Waals surface area contributed by atoms with Gasteiger partial charge in [-0.05, 0) is 31.5 Å². The molecule has 0 saturated heterocycles. The van der Waals surface area contributed by atoms with E-state index in [0.29, 0.717) is 17.9 Å². The predicted octanol–water partition coefficient (Wildman–Crippen LogP) is 2.66. The molecule has 0 aromatic heterocycles. The summed E-state index contributed by atoms with van der Waals surface area (Å²) in [6.07, 6.45) is 2.23. The Hall–Kier alpha value is -1.71. The van der Waals surface area contributed by atoms with Crippen LogP contribution in [0.4, 0.5) is 11.4 Å². The van der Waals surface area contributed by atoms with E-state index in [0.717, 1.165) is 25.1 Å². The van der Waals surface area contributed by atoms with Crippen molar-refractivity contribution in [3.8, 4) is 0 Å². The van der Waals surface area contributed by atoms with Crippen molar-refractivity contribution in [1.29, 1.82) is 0 Å². The molecule has 0 amide bonds. The van der Waals surface area contributed by atoms with Crippen LogP contribution in [-0.4, -0.2) is 19.1 Å². The smallest absolute Gasteiger partial charge is 0.338 e. The highest BCUT2D eigenvalue weighted by molar-refractivity contribution is 5.91. The van der Waals surface area contributed by atoms with E-state index in [2.05, 4.69) is 12.2 Å². The van der Waals surface area contributed by atoms with Crippen LogP contribution in [0.15, 0.2) is 18.2 Å². The van der Waals surface area contributed by atoms with Gasteiger partial charge >= 0.3 is 5.97 Å². The summed E-state index contributed by atoms with van der Waals surface area (Å²) in [4.78, 5) is 11.5. The molecule has 0 saturated carbocycles. The zero-order chi connectivity index (χ0) is 12.7. The number of nitrogens with one attached hydrogen (secondary N) is 1. The molecule has 0 bridgehead atoms. The molecule has 0 heterocycles. The summed E-state index contributed by atoms with van der Waals surface area (Å²) in [5.74, 6) is -0.334. The molecule has 0 fully saturated rings. The standard InChI is InChI=1S/C13H20N2O2/c1-3-5-8-15-12-7-6-10(9-11(12)14)13(16)17-4-2/h6-7,9,15H,3-5,8,14H2,1-2H3. The van der Waals surface area contributed by atoms with Gasteiger partial charge in [-0.25, -0.2) is 4.79 Å². The lowest BCUT2D eigenvalue weighted by molar-refractivity contribution is 0.0526. The van der Waals surface area contributed by atoms with Crippen molar-refractivity contribution >= 4 is 17.3 Å². The summed E-state index contributed by atoms with van der Waals surface area (Å²) < 4.78 is 4.91. The molecule has 1 aromatic carbocycles. The van der Waals surface area contributed by atoms with Gasteiger partial charge in [-0.15, -0.1) is 0 Å². The van der Waals surface area contributed by atoms with Gasteiger partial charge in [0.05, 0.1) is 23.5 Å². The molecule has 0 radical (unpaired) electrons. The number of carbonyl (C=O) groups excluding carboxylic acids is 1. The van der Waals surface area contributed by atoms with Crippen LogP contribution in [0.3, 0.4) is 0 Å². The van der Waals surface area contributed by atoms with Gasteiger partial charge < -0.3 is 15.8 Å². The molecule has 1 rings (SSSR count). The SMILES string of the molecule is CCCCNc1ccc(C(=O)OCC)cc1N. The second-order valence-corrected chi connectivity index (χ2v) is 3.80. The molecule has 0 aliphatic rings. The lowest BCUT2D eigenvalue weighted by atomic mass is 10.1. The second kappa shape index (κ2) is 6.78. The Morgan fingerprint density at radius 2 is 2.18 bits per heavy atom. The van der Waals surface area contributed by atoms with E-state index >= 15 is 0 Å². The number of hydrogen-bond donors (Lipinski definition) is 2. The average Bonchev–Trinajstić information content (AvgIpc) is 2.31. The normalized spacial score (nSPS) is 10.0. The summed E-state index contributed by atoms with van der Waals surface area (Å²) >= 11 is 0. The Morgan fingerprint density at radius 3 is 2.76 bits per heavy atom. The molecule has 0 aliphatic heterocycles. The van der Waals surface area contributed by atoms with Gasteiger partial charge in [0.25, 0.3) is 0 Å². The second-order valence-electron chi connectivity index (χ2n) is 3.80. The van der Waals surface area contributed by atoms with Crippen LogP contribution >= 0.6 is 0 Å². The summed E-state index contributed by atoms with van der Waals surface area (Å²) in [6.45, 7) is 5.17. The van der Waals surface area contributed by atoms with E-state index in [1.54, 1.807) is 19.1 Å². The molecule has 0 unspecified atom stereocenters. The highest BCUT2D eigenvalue weighted by Crippen LogP contribution is 2.20. The van der Waals surface area contributed by atoms with Gasteiger partial charge in [-0.1, -0.05) is 13.3 Å².